The van der Waals surface area contributed by atoms with E-state index in [4.69, 9.17) is 0 Å². The van der Waals surface area contributed by atoms with Crippen LogP contribution in [0.1, 0.15) is 39.0 Å². The SMILES string of the molecule is CCCC[CH]([Sn][CH3])C1CC1. The topological polar surface area (TPSA) is 0 Å². The summed E-state index contributed by atoms with van der Waals surface area (Å²) in [5, 5.41) is 0. The molecule has 0 aromatic heterocycles. The Labute approximate surface area is 75.0 Å². The summed E-state index contributed by atoms with van der Waals surface area (Å²) in [6, 6.07) is 0. The van der Waals surface area contributed by atoms with E-state index in [1.54, 1.807) is 19.3 Å². The van der Waals surface area contributed by atoms with E-state index in [1.807, 2.05) is 0 Å². The summed E-state index contributed by atoms with van der Waals surface area (Å²) in [6.45, 7) is 2.31. The van der Waals surface area contributed by atoms with Crippen LogP contribution in [0.4, 0.5) is 0 Å². The molecule has 0 heterocycles. The van der Waals surface area contributed by atoms with Gasteiger partial charge in [-0.05, 0) is 0 Å². The van der Waals surface area contributed by atoms with Gasteiger partial charge in [-0.15, -0.1) is 0 Å². The predicted molar refractivity (Wildman–Crippen MR) is 47.6 cm³/mol. The quantitative estimate of drug-likeness (QED) is 0.652. The zero-order valence-electron chi connectivity index (χ0n) is 7.19. The van der Waals surface area contributed by atoms with Gasteiger partial charge in [-0.2, -0.15) is 0 Å². The average Bonchev–Trinajstić information content (AvgIpc) is 2.73. The number of unbranched alkanes of at least 4 members (excludes halogenated alkanes) is 1. The van der Waals surface area contributed by atoms with E-state index in [9.17, 15) is 0 Å². The Morgan fingerprint density at radius 1 is 1.50 bits per heavy atom. The van der Waals surface area contributed by atoms with Gasteiger partial charge in [-0.1, -0.05) is 0 Å². The molecule has 1 unspecified atom stereocenters. The van der Waals surface area contributed by atoms with Gasteiger partial charge in [-0.3, -0.25) is 0 Å². The van der Waals surface area contributed by atoms with Crippen LogP contribution in [0.3, 0.4) is 0 Å². The predicted octanol–water partition coefficient (Wildman–Crippen LogP) is 3.13. The molecule has 1 rings (SSSR count). The summed E-state index contributed by atoms with van der Waals surface area (Å²) in [4.78, 5) is 2.52. The van der Waals surface area contributed by atoms with Gasteiger partial charge < -0.3 is 0 Å². The molecular formula is C9H18Sn. The molecule has 0 aromatic carbocycles. The molecule has 0 saturated heterocycles. The van der Waals surface area contributed by atoms with Crippen molar-refractivity contribution in [2.45, 2.75) is 47.9 Å². The first kappa shape index (κ1) is 8.89. The molecule has 58 valence electrons. The van der Waals surface area contributed by atoms with Crippen molar-refractivity contribution in [3.05, 3.63) is 0 Å². The van der Waals surface area contributed by atoms with Gasteiger partial charge in [0.25, 0.3) is 0 Å². The second-order valence-electron chi connectivity index (χ2n) is 3.37. The Morgan fingerprint density at radius 2 is 2.20 bits per heavy atom. The molecule has 0 aliphatic heterocycles. The van der Waals surface area contributed by atoms with Gasteiger partial charge in [0.15, 0.2) is 0 Å². The summed E-state index contributed by atoms with van der Waals surface area (Å²) in [5.74, 6) is 1.21. The van der Waals surface area contributed by atoms with E-state index >= 15 is 0 Å². The first-order valence-electron chi connectivity index (χ1n) is 4.55. The van der Waals surface area contributed by atoms with Crippen molar-refractivity contribution >= 4 is 21.1 Å². The van der Waals surface area contributed by atoms with Crippen molar-refractivity contribution in [1.29, 1.82) is 0 Å². The van der Waals surface area contributed by atoms with Crippen molar-refractivity contribution in [3.8, 4) is 0 Å². The summed E-state index contributed by atoms with van der Waals surface area (Å²) in [5.41, 5.74) is 0. The zero-order valence-corrected chi connectivity index (χ0v) is 10.0. The molecule has 0 amide bonds. The molecule has 0 aromatic rings. The van der Waals surface area contributed by atoms with Crippen LogP contribution >= 0.6 is 0 Å². The van der Waals surface area contributed by atoms with Crippen LogP contribution in [0.25, 0.3) is 0 Å². The van der Waals surface area contributed by atoms with Gasteiger partial charge in [0, 0.05) is 0 Å². The van der Waals surface area contributed by atoms with Crippen LogP contribution in [-0.2, 0) is 0 Å². The number of hydrogen-bond donors (Lipinski definition) is 0. The van der Waals surface area contributed by atoms with Crippen molar-refractivity contribution in [2.75, 3.05) is 0 Å². The van der Waals surface area contributed by atoms with Gasteiger partial charge in [0.2, 0.25) is 0 Å². The first-order chi connectivity index (χ1) is 4.88. The molecular weight excluding hydrogens is 227 g/mol. The first-order valence-corrected chi connectivity index (χ1v) is 9.06. The van der Waals surface area contributed by atoms with E-state index < -0.39 is 0 Å². The maximum absolute atomic E-state index is 2.52. The maximum atomic E-state index is 2.52. The summed E-state index contributed by atoms with van der Waals surface area (Å²) >= 11 is 0.0766. The van der Waals surface area contributed by atoms with Crippen LogP contribution in [-0.4, -0.2) is 21.1 Å². The molecule has 0 N–H and O–H groups in total. The fourth-order valence-electron chi connectivity index (χ4n) is 1.54. The van der Waals surface area contributed by atoms with Crippen LogP contribution in [0.15, 0.2) is 0 Å². The molecule has 2 radical (unpaired) electrons. The zero-order chi connectivity index (χ0) is 7.40. The molecule has 1 atom stereocenters. The van der Waals surface area contributed by atoms with E-state index in [0.717, 1.165) is 0 Å². The minimum absolute atomic E-state index is 0.0766. The van der Waals surface area contributed by atoms with Crippen LogP contribution in [0.5, 0.6) is 0 Å². The number of rotatable bonds is 5. The van der Waals surface area contributed by atoms with E-state index in [2.05, 4.69) is 11.9 Å². The van der Waals surface area contributed by atoms with Crippen LogP contribution in [0.2, 0.25) is 8.87 Å². The average molecular weight is 245 g/mol. The van der Waals surface area contributed by atoms with Crippen LogP contribution < -0.4 is 0 Å². The van der Waals surface area contributed by atoms with E-state index in [0.29, 0.717) is 0 Å². The van der Waals surface area contributed by atoms with Crippen molar-refractivity contribution in [1.82, 2.24) is 0 Å². The number of hydrogen-bond acceptors (Lipinski definition) is 0. The normalized spacial score (nSPS) is 21.0. The summed E-state index contributed by atoms with van der Waals surface area (Å²) in [7, 11) is 0. The second-order valence-corrected chi connectivity index (χ2v) is 7.14. The monoisotopic (exact) mass is 246 g/mol. The molecule has 0 nitrogen and oxygen atoms in total. The third-order valence-electron chi connectivity index (χ3n) is 2.43. The Bertz CT molecular complexity index is 86.7. The van der Waals surface area contributed by atoms with Gasteiger partial charge in [-0.25, -0.2) is 0 Å². The molecule has 0 spiro atoms. The van der Waals surface area contributed by atoms with Gasteiger partial charge in [0.05, 0.1) is 0 Å². The molecule has 1 fully saturated rings. The summed E-state index contributed by atoms with van der Waals surface area (Å²) < 4.78 is 1.25. The molecule has 1 heteroatoms. The van der Waals surface area contributed by atoms with Gasteiger partial charge >= 0.3 is 75.0 Å². The van der Waals surface area contributed by atoms with Crippen LogP contribution in [0, 0.1) is 5.92 Å². The fraction of sp³-hybridized carbons (Fsp3) is 1.00. The molecule has 1 aliphatic rings. The molecule has 1 saturated carbocycles. The van der Waals surface area contributed by atoms with E-state index in [1.165, 1.54) is 22.7 Å². The molecule has 0 bridgehead atoms. The minimum atomic E-state index is 0.0766. The standard InChI is InChI=1S/C8H15.CH3.Sn/c1-2-3-4-5-8-6-7-8;;/h5,8H,2-4,6-7H2,1H3;1H3;. The Hall–Kier alpha value is 0.799. The Kier molecular flexibility index (Phi) is 4.12. The summed E-state index contributed by atoms with van der Waals surface area (Å²) in [6.07, 6.45) is 7.62. The molecule has 10 heavy (non-hydrogen) atoms. The van der Waals surface area contributed by atoms with E-state index in [-0.39, 0.29) is 21.1 Å². The molecule has 1 aliphatic carbocycles. The second kappa shape index (κ2) is 4.63. The fourth-order valence-corrected chi connectivity index (χ4v) is 5.24. The third-order valence-corrected chi connectivity index (χ3v) is 6.72. The van der Waals surface area contributed by atoms with Gasteiger partial charge in [0.1, 0.15) is 0 Å². The van der Waals surface area contributed by atoms with Crippen molar-refractivity contribution < 1.29 is 0 Å². The Balaban J connectivity index is 2.07. The Morgan fingerprint density at radius 3 is 2.60 bits per heavy atom. The van der Waals surface area contributed by atoms with Crippen molar-refractivity contribution in [3.63, 3.8) is 0 Å². The van der Waals surface area contributed by atoms with Crippen molar-refractivity contribution in [2.24, 2.45) is 5.92 Å². The third kappa shape index (κ3) is 2.81.